The number of fused-ring (bicyclic) bond motifs is 1. The van der Waals surface area contributed by atoms with Gasteiger partial charge in [0.05, 0.1) is 6.04 Å². The van der Waals surface area contributed by atoms with Crippen molar-refractivity contribution in [3.63, 3.8) is 0 Å². The molecule has 0 saturated heterocycles. The van der Waals surface area contributed by atoms with E-state index in [0.717, 1.165) is 19.5 Å². The summed E-state index contributed by atoms with van der Waals surface area (Å²) in [6, 6.07) is 12.7. The number of carbonyl (C=O) groups excluding carboxylic acids is 1. The number of hydrogen-bond donors (Lipinski definition) is 2. The van der Waals surface area contributed by atoms with Gasteiger partial charge in [0.1, 0.15) is 0 Å². The number of carbonyl (C=O) groups is 1. The Morgan fingerprint density at radius 3 is 2.76 bits per heavy atom. The SMILES string of the molecule is CC(N)C(C)C(=O)NCC(c1ccccc1)N1CCc2sccc2C1. The fraction of sp³-hybridized carbons (Fsp3) is 0.450. The molecule has 2 heterocycles. The van der Waals surface area contributed by atoms with Crippen LogP contribution in [0.5, 0.6) is 0 Å². The number of rotatable bonds is 6. The van der Waals surface area contributed by atoms with Crippen LogP contribution in [0.4, 0.5) is 0 Å². The van der Waals surface area contributed by atoms with Crippen molar-refractivity contribution in [1.29, 1.82) is 0 Å². The summed E-state index contributed by atoms with van der Waals surface area (Å²) >= 11 is 1.85. The van der Waals surface area contributed by atoms with Crippen molar-refractivity contribution >= 4 is 17.2 Å². The molecule has 1 aliphatic heterocycles. The van der Waals surface area contributed by atoms with E-state index in [0.29, 0.717) is 6.54 Å². The van der Waals surface area contributed by atoms with Crippen molar-refractivity contribution in [2.45, 2.75) is 38.9 Å². The Balaban J connectivity index is 1.74. The largest absolute Gasteiger partial charge is 0.354 e. The van der Waals surface area contributed by atoms with E-state index in [1.165, 1.54) is 16.0 Å². The molecular weight excluding hydrogens is 330 g/mol. The van der Waals surface area contributed by atoms with Crippen molar-refractivity contribution in [3.8, 4) is 0 Å². The number of hydrogen-bond acceptors (Lipinski definition) is 4. The maximum atomic E-state index is 12.4. The quantitative estimate of drug-likeness (QED) is 0.836. The predicted molar refractivity (Wildman–Crippen MR) is 103 cm³/mol. The summed E-state index contributed by atoms with van der Waals surface area (Å²) in [4.78, 5) is 16.3. The van der Waals surface area contributed by atoms with Gasteiger partial charge in [0.25, 0.3) is 0 Å². The lowest BCUT2D eigenvalue weighted by molar-refractivity contribution is -0.125. The first-order valence-electron chi connectivity index (χ1n) is 8.93. The molecule has 3 rings (SSSR count). The summed E-state index contributed by atoms with van der Waals surface area (Å²) in [6.45, 7) is 6.33. The molecule has 1 aromatic heterocycles. The highest BCUT2D eigenvalue weighted by molar-refractivity contribution is 7.10. The molecule has 1 amide bonds. The molecule has 1 aliphatic rings. The molecule has 0 radical (unpaired) electrons. The first-order valence-corrected chi connectivity index (χ1v) is 9.81. The molecule has 0 aliphatic carbocycles. The first-order chi connectivity index (χ1) is 12.1. The average molecular weight is 358 g/mol. The average Bonchev–Trinajstić information content (AvgIpc) is 3.09. The smallest absolute Gasteiger partial charge is 0.224 e. The van der Waals surface area contributed by atoms with Crippen LogP contribution in [0.3, 0.4) is 0 Å². The van der Waals surface area contributed by atoms with Crippen molar-refractivity contribution in [1.82, 2.24) is 10.2 Å². The van der Waals surface area contributed by atoms with Crippen LogP contribution in [-0.2, 0) is 17.8 Å². The van der Waals surface area contributed by atoms with E-state index in [1.807, 2.05) is 31.3 Å². The van der Waals surface area contributed by atoms with E-state index in [9.17, 15) is 4.79 Å². The van der Waals surface area contributed by atoms with Gasteiger partial charge in [-0.3, -0.25) is 9.69 Å². The highest BCUT2D eigenvalue weighted by Crippen LogP contribution is 2.30. The van der Waals surface area contributed by atoms with Crippen LogP contribution >= 0.6 is 11.3 Å². The third kappa shape index (κ3) is 4.29. The molecule has 0 spiro atoms. The first kappa shape index (κ1) is 18.1. The van der Waals surface area contributed by atoms with E-state index in [4.69, 9.17) is 5.73 Å². The third-order valence-corrected chi connectivity index (χ3v) is 6.16. The molecule has 3 N–H and O–H groups in total. The Hall–Kier alpha value is -1.69. The highest BCUT2D eigenvalue weighted by Gasteiger charge is 2.26. The molecule has 3 unspecified atom stereocenters. The minimum atomic E-state index is -0.179. The van der Waals surface area contributed by atoms with Crippen LogP contribution in [0.15, 0.2) is 41.8 Å². The third-order valence-electron chi connectivity index (χ3n) is 5.13. The van der Waals surface area contributed by atoms with Crippen LogP contribution in [0.1, 0.15) is 35.9 Å². The molecule has 0 fully saturated rings. The molecule has 2 aromatic rings. The van der Waals surface area contributed by atoms with Crippen LogP contribution < -0.4 is 11.1 Å². The van der Waals surface area contributed by atoms with Gasteiger partial charge in [0.15, 0.2) is 0 Å². The molecule has 134 valence electrons. The summed E-state index contributed by atoms with van der Waals surface area (Å²) < 4.78 is 0. The Morgan fingerprint density at radius 2 is 2.04 bits per heavy atom. The summed E-state index contributed by atoms with van der Waals surface area (Å²) in [5, 5.41) is 5.30. The minimum absolute atomic E-state index is 0.0316. The molecule has 4 nitrogen and oxygen atoms in total. The van der Waals surface area contributed by atoms with E-state index in [-0.39, 0.29) is 23.9 Å². The van der Waals surface area contributed by atoms with E-state index in [1.54, 1.807) is 0 Å². The normalized spacial score (nSPS) is 18.2. The van der Waals surface area contributed by atoms with Crippen LogP contribution in [0.2, 0.25) is 0 Å². The van der Waals surface area contributed by atoms with E-state index in [2.05, 4.69) is 45.9 Å². The molecular formula is C20H27N3OS. The highest BCUT2D eigenvalue weighted by atomic mass is 32.1. The second-order valence-electron chi connectivity index (χ2n) is 6.91. The number of nitrogens with two attached hydrogens (primary N) is 1. The van der Waals surface area contributed by atoms with E-state index < -0.39 is 0 Å². The molecule has 25 heavy (non-hydrogen) atoms. The zero-order chi connectivity index (χ0) is 17.8. The van der Waals surface area contributed by atoms with Gasteiger partial charge in [-0.2, -0.15) is 0 Å². The summed E-state index contributed by atoms with van der Waals surface area (Å²) in [6.07, 6.45) is 1.08. The van der Waals surface area contributed by atoms with E-state index >= 15 is 0 Å². The molecule has 0 saturated carbocycles. The van der Waals surface area contributed by atoms with Gasteiger partial charge in [-0.05, 0) is 35.9 Å². The molecule has 3 atom stereocenters. The fourth-order valence-corrected chi connectivity index (χ4v) is 4.16. The van der Waals surface area contributed by atoms with Gasteiger partial charge < -0.3 is 11.1 Å². The summed E-state index contributed by atoms with van der Waals surface area (Å²) in [5.74, 6) is -0.148. The van der Waals surface area contributed by atoms with Gasteiger partial charge in [-0.1, -0.05) is 37.3 Å². The lowest BCUT2D eigenvalue weighted by Crippen LogP contribution is -2.44. The second-order valence-corrected chi connectivity index (χ2v) is 7.91. The Labute approximate surface area is 154 Å². The molecule has 1 aromatic carbocycles. The van der Waals surface area contributed by atoms with Gasteiger partial charge in [-0.15, -0.1) is 11.3 Å². The summed E-state index contributed by atoms with van der Waals surface area (Å²) in [5.41, 5.74) is 8.54. The van der Waals surface area contributed by atoms with Crippen molar-refractivity contribution < 1.29 is 4.79 Å². The number of thiophene rings is 1. The maximum Gasteiger partial charge on any atom is 0.224 e. The van der Waals surface area contributed by atoms with Crippen LogP contribution in [0.25, 0.3) is 0 Å². The summed E-state index contributed by atoms with van der Waals surface area (Å²) in [7, 11) is 0. The van der Waals surface area contributed by atoms with Gasteiger partial charge in [0.2, 0.25) is 5.91 Å². The molecule has 0 bridgehead atoms. The second kappa shape index (κ2) is 8.13. The topological polar surface area (TPSA) is 58.4 Å². The van der Waals surface area contributed by atoms with Gasteiger partial charge in [0, 0.05) is 36.5 Å². The number of benzene rings is 1. The van der Waals surface area contributed by atoms with Crippen molar-refractivity contribution in [2.75, 3.05) is 13.1 Å². The maximum absolute atomic E-state index is 12.4. The lowest BCUT2D eigenvalue weighted by atomic mass is 10.00. The van der Waals surface area contributed by atoms with Crippen LogP contribution in [-0.4, -0.2) is 29.9 Å². The minimum Gasteiger partial charge on any atom is -0.354 e. The number of nitrogens with zero attached hydrogens (tertiary/aromatic N) is 1. The predicted octanol–water partition coefficient (Wildman–Crippen LogP) is 2.95. The number of amides is 1. The Bertz CT molecular complexity index is 698. The van der Waals surface area contributed by atoms with Crippen molar-refractivity contribution in [3.05, 3.63) is 57.8 Å². The zero-order valence-corrected chi connectivity index (χ0v) is 15.8. The fourth-order valence-electron chi connectivity index (χ4n) is 3.27. The zero-order valence-electron chi connectivity index (χ0n) is 14.9. The Morgan fingerprint density at radius 1 is 1.28 bits per heavy atom. The standard InChI is InChI=1S/C20H27N3OS/c1-14(15(2)21)20(24)22-12-18(16-6-4-3-5-7-16)23-10-8-19-17(13-23)9-11-25-19/h3-7,9,11,14-15,18H,8,10,12-13,21H2,1-2H3,(H,22,24). The monoisotopic (exact) mass is 357 g/mol. The van der Waals surface area contributed by atoms with Crippen LogP contribution in [0, 0.1) is 5.92 Å². The lowest BCUT2D eigenvalue weighted by Gasteiger charge is -2.35. The van der Waals surface area contributed by atoms with Gasteiger partial charge in [-0.25, -0.2) is 0 Å². The number of nitrogens with one attached hydrogen (secondary N) is 1. The Kier molecular flexibility index (Phi) is 5.89. The van der Waals surface area contributed by atoms with Crippen molar-refractivity contribution in [2.24, 2.45) is 11.7 Å². The van der Waals surface area contributed by atoms with Gasteiger partial charge >= 0.3 is 0 Å². The molecule has 5 heteroatoms.